The quantitative estimate of drug-likeness (QED) is 0.675. The topological polar surface area (TPSA) is 50.2 Å². The van der Waals surface area contributed by atoms with Crippen molar-refractivity contribution in [3.05, 3.63) is 28.0 Å². The number of carboxylic acid groups (broad SMARTS) is 1. The molecule has 0 saturated carbocycles. The molecule has 0 spiro atoms. The molecule has 0 aromatic carbocycles. The third-order valence-corrected chi connectivity index (χ3v) is 2.41. The zero-order chi connectivity index (χ0) is 12.3. The van der Waals surface area contributed by atoms with Gasteiger partial charge in [-0.1, -0.05) is 11.6 Å². The molecule has 1 heterocycles. The van der Waals surface area contributed by atoms with Crippen LogP contribution in [0.5, 0.6) is 0 Å². The number of halogens is 4. The van der Waals surface area contributed by atoms with Gasteiger partial charge in [-0.25, -0.2) is 13.8 Å². The van der Waals surface area contributed by atoms with Gasteiger partial charge in [0.1, 0.15) is 5.15 Å². The van der Waals surface area contributed by atoms with Gasteiger partial charge < -0.3 is 5.11 Å². The molecule has 7 heteroatoms. The Morgan fingerprint density at radius 3 is 2.62 bits per heavy atom. The number of hydrogen-bond acceptors (Lipinski definition) is 2. The zero-order valence-corrected chi connectivity index (χ0v) is 9.40. The van der Waals surface area contributed by atoms with Gasteiger partial charge in [-0.15, -0.1) is 11.6 Å². The van der Waals surface area contributed by atoms with E-state index in [1.165, 1.54) is 6.07 Å². The van der Waals surface area contributed by atoms with Crippen LogP contribution >= 0.6 is 23.2 Å². The van der Waals surface area contributed by atoms with Crippen LogP contribution in [0.1, 0.15) is 23.2 Å². The van der Waals surface area contributed by atoms with Crippen molar-refractivity contribution >= 4 is 29.2 Å². The number of aliphatic carboxylic acids is 1. The molecular formula is C9H7Cl2F2NO2. The molecule has 1 rings (SSSR count). The fourth-order valence-electron chi connectivity index (χ4n) is 1.24. The Hall–Kier alpha value is -0.940. The lowest BCUT2D eigenvalue weighted by molar-refractivity contribution is -0.136. The Morgan fingerprint density at radius 2 is 2.19 bits per heavy atom. The molecule has 0 radical (unpaired) electrons. The van der Waals surface area contributed by atoms with E-state index in [4.69, 9.17) is 28.3 Å². The SMILES string of the molecule is O=C(O)Cc1cc(CCl)nc(Cl)c1C(F)F. The fraction of sp³-hybridized carbons (Fsp3) is 0.333. The van der Waals surface area contributed by atoms with E-state index in [2.05, 4.69) is 4.98 Å². The van der Waals surface area contributed by atoms with Gasteiger partial charge in [0.25, 0.3) is 6.43 Å². The summed E-state index contributed by atoms with van der Waals surface area (Å²) in [7, 11) is 0. The summed E-state index contributed by atoms with van der Waals surface area (Å²) in [4.78, 5) is 14.2. The summed E-state index contributed by atoms with van der Waals surface area (Å²) in [5, 5.41) is 8.19. The van der Waals surface area contributed by atoms with Crippen molar-refractivity contribution < 1.29 is 18.7 Å². The van der Waals surface area contributed by atoms with Crippen molar-refractivity contribution in [3.8, 4) is 0 Å². The summed E-state index contributed by atoms with van der Waals surface area (Å²) in [6, 6.07) is 1.23. The number of rotatable bonds is 4. The standard InChI is InChI=1S/C9H7Cl2F2NO2/c10-3-5-1-4(2-6(15)16)7(9(12)13)8(11)14-5/h1,9H,2-3H2,(H,15,16). The van der Waals surface area contributed by atoms with Gasteiger partial charge in [-0.3, -0.25) is 4.79 Å². The molecule has 3 nitrogen and oxygen atoms in total. The first-order chi connectivity index (χ1) is 7.45. The van der Waals surface area contributed by atoms with Crippen LogP contribution in [0.15, 0.2) is 6.07 Å². The predicted octanol–water partition coefficient (Wildman–Crippen LogP) is 3.04. The summed E-state index contributed by atoms with van der Waals surface area (Å²) in [5.74, 6) is -1.24. The highest BCUT2D eigenvalue weighted by Gasteiger charge is 2.20. The second-order valence-electron chi connectivity index (χ2n) is 2.98. The Labute approximate surface area is 100 Å². The molecule has 1 aromatic heterocycles. The van der Waals surface area contributed by atoms with Crippen LogP contribution in [0.3, 0.4) is 0 Å². The minimum absolute atomic E-state index is 0.0180. The normalized spacial score (nSPS) is 10.8. The molecule has 16 heavy (non-hydrogen) atoms. The highest BCUT2D eigenvalue weighted by molar-refractivity contribution is 6.30. The van der Waals surface area contributed by atoms with Crippen LogP contribution in [0.4, 0.5) is 8.78 Å². The lowest BCUT2D eigenvalue weighted by Gasteiger charge is -2.10. The minimum Gasteiger partial charge on any atom is -0.481 e. The Balaban J connectivity index is 3.28. The smallest absolute Gasteiger partial charge is 0.307 e. The maximum atomic E-state index is 12.6. The van der Waals surface area contributed by atoms with Crippen LogP contribution in [-0.4, -0.2) is 16.1 Å². The lowest BCUT2D eigenvalue weighted by Crippen LogP contribution is -2.07. The largest absolute Gasteiger partial charge is 0.481 e. The van der Waals surface area contributed by atoms with Crippen LogP contribution in [0, 0.1) is 0 Å². The first-order valence-corrected chi connectivity index (χ1v) is 5.11. The average molecular weight is 270 g/mol. The third kappa shape index (κ3) is 3.02. The van der Waals surface area contributed by atoms with E-state index in [0.717, 1.165) is 0 Å². The molecule has 0 fully saturated rings. The van der Waals surface area contributed by atoms with Crippen molar-refractivity contribution in [1.29, 1.82) is 0 Å². The van der Waals surface area contributed by atoms with Gasteiger partial charge in [0.05, 0.1) is 23.6 Å². The summed E-state index contributed by atoms with van der Waals surface area (Å²) in [6.07, 6.45) is -3.40. The maximum Gasteiger partial charge on any atom is 0.307 e. The number of carbonyl (C=O) groups is 1. The van der Waals surface area contributed by atoms with Crippen molar-refractivity contribution in [2.45, 2.75) is 18.7 Å². The summed E-state index contributed by atoms with van der Waals surface area (Å²) in [6.45, 7) is 0. The van der Waals surface area contributed by atoms with Crippen LogP contribution < -0.4 is 0 Å². The Bertz CT molecular complexity index is 413. The number of hydrogen-bond donors (Lipinski definition) is 1. The molecule has 88 valence electrons. The minimum atomic E-state index is -2.86. The monoisotopic (exact) mass is 269 g/mol. The molecule has 0 unspecified atom stereocenters. The summed E-state index contributed by atoms with van der Waals surface area (Å²) in [5.41, 5.74) is -0.330. The number of nitrogens with zero attached hydrogens (tertiary/aromatic N) is 1. The van der Waals surface area contributed by atoms with Gasteiger partial charge in [-0.05, 0) is 11.6 Å². The molecule has 1 N–H and O–H groups in total. The highest BCUT2D eigenvalue weighted by atomic mass is 35.5. The molecule has 0 bridgehead atoms. The van der Waals surface area contributed by atoms with E-state index in [9.17, 15) is 13.6 Å². The first kappa shape index (κ1) is 13.1. The zero-order valence-electron chi connectivity index (χ0n) is 7.88. The third-order valence-electron chi connectivity index (χ3n) is 1.85. The summed E-state index contributed by atoms with van der Waals surface area (Å²) < 4.78 is 25.2. The number of alkyl halides is 3. The van der Waals surface area contributed by atoms with Gasteiger partial charge in [0.2, 0.25) is 0 Å². The van der Waals surface area contributed by atoms with Gasteiger partial charge >= 0.3 is 5.97 Å². The molecule has 0 saturated heterocycles. The fourth-order valence-corrected chi connectivity index (χ4v) is 1.69. The Morgan fingerprint density at radius 1 is 1.56 bits per heavy atom. The lowest BCUT2D eigenvalue weighted by atomic mass is 10.1. The van der Waals surface area contributed by atoms with Gasteiger partial charge in [0.15, 0.2) is 0 Å². The van der Waals surface area contributed by atoms with E-state index in [-0.39, 0.29) is 17.1 Å². The summed E-state index contributed by atoms with van der Waals surface area (Å²) >= 11 is 11.0. The number of carboxylic acids is 1. The van der Waals surface area contributed by atoms with Crippen molar-refractivity contribution in [3.63, 3.8) is 0 Å². The van der Waals surface area contributed by atoms with Gasteiger partial charge in [0, 0.05) is 0 Å². The van der Waals surface area contributed by atoms with Crippen molar-refractivity contribution in [2.24, 2.45) is 0 Å². The molecule has 0 atom stereocenters. The van der Waals surface area contributed by atoms with E-state index < -0.39 is 29.5 Å². The number of pyridine rings is 1. The van der Waals surface area contributed by atoms with Crippen LogP contribution in [0.2, 0.25) is 5.15 Å². The molecule has 0 aliphatic carbocycles. The van der Waals surface area contributed by atoms with Crippen LogP contribution in [0.25, 0.3) is 0 Å². The Kier molecular flexibility index (Phi) is 4.44. The average Bonchev–Trinajstić information content (AvgIpc) is 2.14. The molecular weight excluding hydrogens is 263 g/mol. The molecule has 0 amide bonds. The van der Waals surface area contributed by atoms with Crippen molar-refractivity contribution in [2.75, 3.05) is 0 Å². The molecule has 1 aromatic rings. The van der Waals surface area contributed by atoms with E-state index >= 15 is 0 Å². The van der Waals surface area contributed by atoms with E-state index in [1.807, 2.05) is 0 Å². The highest BCUT2D eigenvalue weighted by Crippen LogP contribution is 2.30. The number of aromatic nitrogens is 1. The van der Waals surface area contributed by atoms with Crippen LogP contribution in [-0.2, 0) is 17.1 Å². The second-order valence-corrected chi connectivity index (χ2v) is 3.61. The van der Waals surface area contributed by atoms with E-state index in [0.29, 0.717) is 0 Å². The molecule has 0 aliphatic heterocycles. The predicted molar refractivity (Wildman–Crippen MR) is 55.1 cm³/mol. The second kappa shape index (κ2) is 5.41. The van der Waals surface area contributed by atoms with E-state index in [1.54, 1.807) is 0 Å². The first-order valence-electron chi connectivity index (χ1n) is 4.19. The van der Waals surface area contributed by atoms with Crippen molar-refractivity contribution in [1.82, 2.24) is 4.98 Å². The maximum absolute atomic E-state index is 12.6. The molecule has 0 aliphatic rings. The van der Waals surface area contributed by atoms with Gasteiger partial charge in [-0.2, -0.15) is 0 Å².